The van der Waals surface area contributed by atoms with Gasteiger partial charge in [-0.05, 0) is 30.2 Å². The first kappa shape index (κ1) is 17.9. The summed E-state index contributed by atoms with van der Waals surface area (Å²) < 4.78 is 11.1. The van der Waals surface area contributed by atoms with Crippen LogP contribution in [0.4, 0.5) is 5.69 Å². The van der Waals surface area contributed by atoms with Gasteiger partial charge in [-0.15, -0.1) is 11.3 Å². The van der Waals surface area contributed by atoms with E-state index < -0.39 is 5.97 Å². The van der Waals surface area contributed by atoms with E-state index >= 15 is 0 Å². The van der Waals surface area contributed by atoms with Gasteiger partial charge in [-0.3, -0.25) is 4.79 Å². The van der Waals surface area contributed by atoms with Crippen LogP contribution in [0.2, 0.25) is 0 Å². The van der Waals surface area contributed by atoms with E-state index in [1.807, 2.05) is 48.5 Å². The lowest BCUT2D eigenvalue weighted by molar-refractivity contribution is -0.116. The molecule has 1 N–H and O–H groups in total. The van der Waals surface area contributed by atoms with Crippen molar-refractivity contribution in [3.05, 3.63) is 59.0 Å². The van der Waals surface area contributed by atoms with Gasteiger partial charge in [0.05, 0.1) is 14.2 Å². The van der Waals surface area contributed by atoms with E-state index in [0.29, 0.717) is 29.2 Å². The zero-order chi connectivity index (χ0) is 18.5. The Morgan fingerprint density at radius 1 is 1.08 bits per heavy atom. The third-order valence-corrected chi connectivity index (χ3v) is 5.12. The molecule has 0 aliphatic rings. The Labute approximate surface area is 155 Å². The van der Waals surface area contributed by atoms with Gasteiger partial charge < -0.3 is 14.8 Å². The van der Waals surface area contributed by atoms with Gasteiger partial charge in [0.2, 0.25) is 5.91 Å². The van der Waals surface area contributed by atoms with Crippen LogP contribution in [0, 0.1) is 0 Å². The summed E-state index contributed by atoms with van der Waals surface area (Å²) in [6.07, 6.45) is 1.08. The lowest BCUT2D eigenvalue weighted by Crippen LogP contribution is -2.12. The first-order valence-electron chi connectivity index (χ1n) is 8.15. The van der Waals surface area contributed by atoms with Crippen LogP contribution in [0.1, 0.15) is 21.7 Å². The number of thiophene rings is 1. The minimum absolute atomic E-state index is 0.0596. The van der Waals surface area contributed by atoms with Crippen LogP contribution < -0.4 is 10.1 Å². The number of methoxy groups -OCH3 is 2. The fourth-order valence-corrected chi connectivity index (χ4v) is 3.78. The summed E-state index contributed by atoms with van der Waals surface area (Å²) in [5.41, 5.74) is 1.79. The number of hydrogen-bond donors (Lipinski definition) is 1. The molecule has 6 heteroatoms. The van der Waals surface area contributed by atoms with Gasteiger partial charge in [-0.2, -0.15) is 0 Å². The molecule has 0 unspecified atom stereocenters. The summed E-state index contributed by atoms with van der Waals surface area (Å²) in [5.74, 6) is -0.0238. The molecule has 2 aromatic carbocycles. The Morgan fingerprint density at radius 2 is 1.85 bits per heavy atom. The lowest BCUT2D eigenvalue weighted by Gasteiger charge is -2.06. The molecule has 0 saturated heterocycles. The first-order chi connectivity index (χ1) is 12.6. The third-order valence-electron chi connectivity index (χ3n) is 3.98. The summed E-state index contributed by atoms with van der Waals surface area (Å²) in [6, 6.07) is 15.4. The predicted octanol–water partition coefficient (Wildman–Crippen LogP) is 4.27. The molecule has 0 atom stereocenters. The highest BCUT2D eigenvalue weighted by molar-refractivity contribution is 7.21. The molecule has 1 aromatic heterocycles. The van der Waals surface area contributed by atoms with E-state index in [1.165, 1.54) is 25.6 Å². The van der Waals surface area contributed by atoms with Crippen LogP contribution in [-0.2, 0) is 16.0 Å². The van der Waals surface area contributed by atoms with Crippen molar-refractivity contribution < 1.29 is 19.1 Å². The van der Waals surface area contributed by atoms with Crippen molar-refractivity contribution in [1.82, 2.24) is 0 Å². The van der Waals surface area contributed by atoms with Crippen LogP contribution >= 0.6 is 11.3 Å². The Balaban J connectivity index is 1.76. The number of amides is 1. The molecule has 5 nitrogen and oxygen atoms in total. The summed E-state index contributed by atoms with van der Waals surface area (Å²) in [6.45, 7) is 0. The zero-order valence-corrected chi connectivity index (χ0v) is 15.4. The molecule has 26 heavy (non-hydrogen) atoms. The van der Waals surface area contributed by atoms with Gasteiger partial charge in [0.15, 0.2) is 10.6 Å². The van der Waals surface area contributed by atoms with Crippen molar-refractivity contribution in [2.24, 2.45) is 0 Å². The zero-order valence-electron chi connectivity index (χ0n) is 14.6. The quantitative estimate of drug-likeness (QED) is 0.659. The second-order valence-corrected chi connectivity index (χ2v) is 6.75. The van der Waals surface area contributed by atoms with Gasteiger partial charge in [-0.1, -0.05) is 30.3 Å². The van der Waals surface area contributed by atoms with Crippen molar-refractivity contribution >= 4 is 39.0 Å². The Kier molecular flexibility index (Phi) is 5.53. The molecular weight excluding hydrogens is 350 g/mol. The number of aryl methyl sites for hydroxylation is 1. The fraction of sp³-hybridized carbons (Fsp3) is 0.200. The molecule has 0 radical (unpaired) electrons. The third kappa shape index (κ3) is 3.86. The van der Waals surface area contributed by atoms with E-state index in [0.717, 1.165) is 15.6 Å². The number of nitrogens with one attached hydrogen (secondary N) is 1. The number of esters is 1. The smallest absolute Gasteiger partial charge is 0.351 e. The number of hydrogen-bond acceptors (Lipinski definition) is 5. The van der Waals surface area contributed by atoms with Crippen LogP contribution in [-0.4, -0.2) is 26.1 Å². The number of anilines is 1. The normalized spacial score (nSPS) is 10.5. The average Bonchev–Trinajstić information content (AvgIpc) is 3.04. The van der Waals surface area contributed by atoms with Crippen LogP contribution in [0.3, 0.4) is 0 Å². The molecule has 1 heterocycles. The first-order valence-corrected chi connectivity index (χ1v) is 8.96. The van der Waals surface area contributed by atoms with E-state index in [-0.39, 0.29) is 5.91 Å². The van der Waals surface area contributed by atoms with Crippen molar-refractivity contribution in [3.63, 3.8) is 0 Å². The number of carbonyl (C=O) groups is 2. The molecule has 1 amide bonds. The topological polar surface area (TPSA) is 64.6 Å². The van der Waals surface area contributed by atoms with Gasteiger partial charge in [-0.25, -0.2) is 4.79 Å². The highest BCUT2D eigenvalue weighted by Gasteiger charge is 2.20. The van der Waals surface area contributed by atoms with Crippen molar-refractivity contribution in [1.29, 1.82) is 0 Å². The number of fused-ring (bicyclic) bond motifs is 1. The number of carbonyl (C=O) groups excluding carboxylic acids is 2. The average molecular weight is 369 g/mol. The minimum Gasteiger partial charge on any atom is -0.494 e. The van der Waals surface area contributed by atoms with Gasteiger partial charge in [0, 0.05) is 22.2 Å². The van der Waals surface area contributed by atoms with E-state index in [2.05, 4.69) is 5.32 Å². The standard InChI is InChI=1S/C20H19NO4S/c1-24-18-15-12-14(9-10-16(15)26-19(18)20(23)25-2)21-17(22)11-8-13-6-4-3-5-7-13/h3-7,9-10,12H,8,11H2,1-2H3,(H,21,22). The SMILES string of the molecule is COC(=O)c1sc2ccc(NC(=O)CCc3ccccc3)cc2c1OC. The highest BCUT2D eigenvalue weighted by Crippen LogP contribution is 2.39. The maximum absolute atomic E-state index is 12.2. The van der Waals surface area contributed by atoms with Crippen molar-refractivity contribution in [2.45, 2.75) is 12.8 Å². The lowest BCUT2D eigenvalue weighted by atomic mass is 10.1. The number of benzene rings is 2. The summed E-state index contributed by atoms with van der Waals surface area (Å²) in [5, 5.41) is 3.68. The second kappa shape index (κ2) is 8.01. The molecule has 0 aliphatic heterocycles. The maximum atomic E-state index is 12.2. The van der Waals surface area contributed by atoms with Gasteiger partial charge in [0.25, 0.3) is 0 Å². The Bertz CT molecular complexity index is 934. The highest BCUT2D eigenvalue weighted by atomic mass is 32.1. The Morgan fingerprint density at radius 3 is 2.54 bits per heavy atom. The second-order valence-electron chi connectivity index (χ2n) is 5.70. The maximum Gasteiger partial charge on any atom is 0.351 e. The van der Waals surface area contributed by atoms with Gasteiger partial charge >= 0.3 is 5.97 Å². The van der Waals surface area contributed by atoms with Crippen molar-refractivity contribution in [2.75, 3.05) is 19.5 Å². The molecule has 3 rings (SSSR count). The van der Waals surface area contributed by atoms with Gasteiger partial charge in [0.1, 0.15) is 0 Å². The molecule has 3 aromatic rings. The molecule has 134 valence electrons. The molecule has 0 bridgehead atoms. The summed E-state index contributed by atoms with van der Waals surface area (Å²) >= 11 is 1.30. The molecule has 0 spiro atoms. The molecule has 0 saturated carbocycles. The number of ether oxygens (including phenoxy) is 2. The molecule has 0 aliphatic carbocycles. The summed E-state index contributed by atoms with van der Waals surface area (Å²) in [7, 11) is 2.85. The molecule has 0 fully saturated rings. The fourth-order valence-electron chi connectivity index (χ4n) is 2.71. The molecular formula is C20H19NO4S. The van der Waals surface area contributed by atoms with Crippen molar-refractivity contribution in [3.8, 4) is 5.75 Å². The minimum atomic E-state index is -0.434. The van der Waals surface area contributed by atoms with E-state index in [9.17, 15) is 9.59 Å². The van der Waals surface area contributed by atoms with Crippen LogP contribution in [0.25, 0.3) is 10.1 Å². The number of rotatable bonds is 6. The predicted molar refractivity (Wildman–Crippen MR) is 103 cm³/mol. The van der Waals surface area contributed by atoms with Crippen LogP contribution in [0.15, 0.2) is 48.5 Å². The Hall–Kier alpha value is -2.86. The monoisotopic (exact) mass is 369 g/mol. The van der Waals surface area contributed by atoms with E-state index in [4.69, 9.17) is 9.47 Å². The largest absolute Gasteiger partial charge is 0.494 e. The summed E-state index contributed by atoms with van der Waals surface area (Å²) in [4.78, 5) is 24.5. The van der Waals surface area contributed by atoms with Crippen LogP contribution in [0.5, 0.6) is 5.75 Å². The van der Waals surface area contributed by atoms with E-state index in [1.54, 1.807) is 0 Å².